The zero-order valence-corrected chi connectivity index (χ0v) is 22.6. The minimum atomic E-state index is -1.10. The molecule has 4 fully saturated rings. The van der Waals surface area contributed by atoms with E-state index in [4.69, 9.17) is 0 Å². The maximum Gasteiger partial charge on any atom is 0.335 e. The Balaban J connectivity index is 1.48. The van der Waals surface area contributed by atoms with Gasteiger partial charge in [0.1, 0.15) is 0 Å². The Bertz CT molecular complexity index is 1300. The van der Waals surface area contributed by atoms with Crippen LogP contribution < -0.4 is 4.90 Å². The molecule has 1 aromatic rings. The van der Waals surface area contributed by atoms with Gasteiger partial charge in [0.05, 0.1) is 28.5 Å². The van der Waals surface area contributed by atoms with E-state index in [1.165, 1.54) is 22.6 Å². The number of carbonyl (C=O) groups is 4. The molecule has 6 aliphatic rings. The summed E-state index contributed by atoms with van der Waals surface area (Å²) in [6.45, 7) is 8.48. The smallest absolute Gasteiger partial charge is 0.335 e. The molecule has 5 aliphatic carbocycles. The van der Waals surface area contributed by atoms with Crippen LogP contribution in [0.15, 0.2) is 35.9 Å². The Kier molecular flexibility index (Phi) is 5.35. The van der Waals surface area contributed by atoms with Crippen molar-refractivity contribution >= 4 is 29.4 Å². The number of hydrogen-bond acceptors (Lipinski definition) is 4. The van der Waals surface area contributed by atoms with Crippen molar-refractivity contribution in [2.24, 2.45) is 51.8 Å². The minimum Gasteiger partial charge on any atom is -0.481 e. The monoisotopic (exact) mass is 519 g/mol. The summed E-state index contributed by atoms with van der Waals surface area (Å²) >= 11 is 0. The summed E-state index contributed by atoms with van der Waals surface area (Å²) in [5.74, 6) is -2.89. The van der Waals surface area contributed by atoms with E-state index in [1.807, 2.05) is 6.92 Å². The van der Waals surface area contributed by atoms with E-state index in [0.29, 0.717) is 18.5 Å². The van der Waals surface area contributed by atoms with E-state index in [1.54, 1.807) is 12.1 Å². The van der Waals surface area contributed by atoms with Gasteiger partial charge in [0.2, 0.25) is 11.8 Å². The Hall–Kier alpha value is -2.96. The summed E-state index contributed by atoms with van der Waals surface area (Å²) in [5, 5.41) is 19.8. The molecule has 0 aromatic heterocycles. The van der Waals surface area contributed by atoms with E-state index in [-0.39, 0.29) is 46.5 Å². The topological polar surface area (TPSA) is 112 Å². The van der Waals surface area contributed by atoms with Gasteiger partial charge < -0.3 is 10.2 Å². The lowest BCUT2D eigenvalue weighted by Crippen LogP contribution is -2.65. The second-order valence-electron chi connectivity index (χ2n) is 13.4. The fraction of sp³-hybridized carbons (Fsp3) is 0.613. The number of rotatable bonds is 4. The first-order valence-electron chi connectivity index (χ1n) is 14.0. The average molecular weight is 520 g/mol. The van der Waals surface area contributed by atoms with Crippen LogP contribution in [0.2, 0.25) is 0 Å². The highest BCUT2D eigenvalue weighted by molar-refractivity contribution is 6.23. The number of amides is 2. The summed E-state index contributed by atoms with van der Waals surface area (Å²) < 4.78 is 0. The van der Waals surface area contributed by atoms with Crippen LogP contribution in [-0.4, -0.2) is 34.0 Å². The standard InChI is InChI=1S/C31H37NO6/c1-16(2)20-15-31-12-9-21-29(3,10-6-11-30(21,4)28(37)38)22(31)14-19(20)23-24(31)26(34)32(25(23)33)18-8-5-7-17(13-18)27(35)36/h5,7-8,13,15-16,19,21-24H,6,9-12,14H2,1-4H3,(H,35,36)(H,37,38)/t19-,21-,22-,23+,24+,29-,30+,31-/m0/s1. The molecule has 202 valence electrons. The van der Waals surface area contributed by atoms with Crippen LogP contribution in [-0.2, 0) is 14.4 Å². The van der Waals surface area contributed by atoms with Gasteiger partial charge in [-0.3, -0.25) is 14.4 Å². The Labute approximate surface area is 223 Å². The number of carboxylic acids is 2. The molecule has 8 atom stereocenters. The van der Waals surface area contributed by atoms with Crippen molar-refractivity contribution in [3.8, 4) is 0 Å². The molecule has 2 N–H and O–H groups in total. The number of carboxylic acid groups (broad SMARTS) is 2. The summed E-state index contributed by atoms with van der Waals surface area (Å²) in [7, 11) is 0. The second-order valence-corrected chi connectivity index (χ2v) is 13.4. The first kappa shape index (κ1) is 25.3. The third-order valence-electron chi connectivity index (χ3n) is 11.5. The molecular weight excluding hydrogens is 482 g/mol. The van der Waals surface area contributed by atoms with E-state index < -0.39 is 34.6 Å². The van der Waals surface area contributed by atoms with E-state index in [9.17, 15) is 29.4 Å². The summed E-state index contributed by atoms with van der Waals surface area (Å²) in [6.07, 6.45) is 7.05. The Morgan fingerprint density at radius 3 is 2.42 bits per heavy atom. The quantitative estimate of drug-likeness (QED) is 0.407. The number of nitrogens with zero attached hydrogens (tertiary/aromatic N) is 1. The van der Waals surface area contributed by atoms with Crippen molar-refractivity contribution in [3.63, 3.8) is 0 Å². The van der Waals surface area contributed by atoms with Crippen LogP contribution in [0.1, 0.15) is 76.6 Å². The van der Waals surface area contributed by atoms with Crippen molar-refractivity contribution in [2.75, 3.05) is 4.90 Å². The van der Waals surface area contributed by atoms with E-state index in [2.05, 4.69) is 26.8 Å². The summed E-state index contributed by atoms with van der Waals surface area (Å²) in [4.78, 5) is 53.8. The van der Waals surface area contributed by atoms with Crippen LogP contribution in [0.5, 0.6) is 0 Å². The molecule has 7 heteroatoms. The maximum absolute atomic E-state index is 14.3. The summed E-state index contributed by atoms with van der Waals surface area (Å²) in [5.41, 5.74) is 0.112. The van der Waals surface area contributed by atoms with Gasteiger partial charge in [-0.15, -0.1) is 0 Å². The van der Waals surface area contributed by atoms with Gasteiger partial charge in [0.25, 0.3) is 0 Å². The molecule has 2 amide bonds. The number of allylic oxidation sites excluding steroid dienone is 2. The third kappa shape index (κ3) is 3.02. The first-order chi connectivity index (χ1) is 17.9. The first-order valence-corrected chi connectivity index (χ1v) is 14.0. The van der Waals surface area contributed by atoms with Gasteiger partial charge in [-0.2, -0.15) is 0 Å². The molecule has 3 saturated carbocycles. The van der Waals surface area contributed by atoms with Crippen molar-refractivity contribution in [3.05, 3.63) is 41.5 Å². The number of aliphatic carboxylic acids is 1. The van der Waals surface area contributed by atoms with Crippen LogP contribution in [0.3, 0.4) is 0 Å². The van der Waals surface area contributed by atoms with Gasteiger partial charge in [0, 0.05) is 5.41 Å². The van der Waals surface area contributed by atoms with Crippen LogP contribution in [0, 0.1) is 51.8 Å². The maximum atomic E-state index is 14.3. The molecule has 7 nitrogen and oxygen atoms in total. The predicted octanol–water partition coefficient (Wildman–Crippen LogP) is 5.40. The molecule has 0 radical (unpaired) electrons. The van der Waals surface area contributed by atoms with Crippen molar-refractivity contribution in [1.29, 1.82) is 0 Å². The number of benzene rings is 1. The van der Waals surface area contributed by atoms with Gasteiger partial charge >= 0.3 is 11.9 Å². The zero-order chi connectivity index (χ0) is 27.4. The molecule has 1 aliphatic heterocycles. The lowest BCUT2D eigenvalue weighted by atomic mass is 9.34. The second kappa shape index (κ2) is 8.03. The summed E-state index contributed by atoms with van der Waals surface area (Å²) in [6, 6.07) is 6.10. The van der Waals surface area contributed by atoms with Gasteiger partial charge in [0.15, 0.2) is 0 Å². The van der Waals surface area contributed by atoms with Crippen molar-refractivity contribution in [2.45, 2.75) is 66.2 Å². The van der Waals surface area contributed by atoms with Gasteiger partial charge in [-0.25, -0.2) is 9.69 Å². The van der Waals surface area contributed by atoms with E-state index in [0.717, 1.165) is 25.7 Å². The number of fused-ring (bicyclic) bond motifs is 1. The predicted molar refractivity (Wildman–Crippen MR) is 140 cm³/mol. The molecular formula is C31H37NO6. The van der Waals surface area contributed by atoms with Crippen LogP contribution in [0.4, 0.5) is 5.69 Å². The molecule has 1 heterocycles. The van der Waals surface area contributed by atoms with Crippen molar-refractivity contribution < 1.29 is 29.4 Å². The SMILES string of the molecule is CC(C)C1=C[C@@]23CC[C@H]4[C@](C)(CCC[C@@]4(C)C(=O)O)[C@@H]2C[C@@H]1[C@H]1C(=O)N(c2cccc(C(=O)O)c2)C(=O)[C@@H]13. The van der Waals surface area contributed by atoms with Crippen molar-refractivity contribution in [1.82, 2.24) is 0 Å². The largest absolute Gasteiger partial charge is 0.481 e. The third-order valence-corrected chi connectivity index (χ3v) is 11.5. The molecule has 1 spiro atoms. The van der Waals surface area contributed by atoms with Gasteiger partial charge in [-0.05, 0) is 86.3 Å². The number of imide groups is 1. The number of carbonyl (C=O) groups excluding carboxylic acids is 2. The average Bonchev–Trinajstić information content (AvgIpc) is 3.15. The lowest BCUT2D eigenvalue weighted by Gasteiger charge is -2.68. The zero-order valence-electron chi connectivity index (χ0n) is 22.6. The molecule has 7 rings (SSSR count). The highest BCUT2D eigenvalue weighted by Gasteiger charge is 2.73. The molecule has 1 saturated heterocycles. The fourth-order valence-corrected chi connectivity index (χ4v) is 9.99. The minimum absolute atomic E-state index is 0.0288. The highest BCUT2D eigenvalue weighted by Crippen LogP contribution is 2.74. The Morgan fingerprint density at radius 2 is 1.76 bits per heavy atom. The van der Waals surface area contributed by atoms with E-state index >= 15 is 0 Å². The fourth-order valence-electron chi connectivity index (χ4n) is 9.99. The number of hydrogen-bond donors (Lipinski definition) is 2. The molecule has 38 heavy (non-hydrogen) atoms. The molecule has 1 aromatic carbocycles. The lowest BCUT2D eigenvalue weighted by molar-refractivity contribution is -0.194. The highest BCUT2D eigenvalue weighted by atomic mass is 16.4. The number of anilines is 1. The van der Waals surface area contributed by atoms with Crippen LogP contribution in [0.25, 0.3) is 0 Å². The van der Waals surface area contributed by atoms with Gasteiger partial charge in [-0.1, -0.05) is 44.9 Å². The van der Waals surface area contributed by atoms with Crippen LogP contribution >= 0.6 is 0 Å². The molecule has 0 unspecified atom stereocenters. The number of aromatic carboxylic acids is 1. The Morgan fingerprint density at radius 1 is 1.03 bits per heavy atom. The molecule has 2 bridgehead atoms. The normalized spacial score (nSPS) is 41.4.